The lowest BCUT2D eigenvalue weighted by molar-refractivity contribution is 0.621. The van der Waals surface area contributed by atoms with Crippen molar-refractivity contribution in [2.24, 2.45) is 0 Å². The number of hydrogen-bond donors (Lipinski definition) is 0. The fraction of sp³-hybridized carbons (Fsp3) is 1.00. The molecule has 49 valence electrons. The minimum atomic E-state index is 1.06. The van der Waals surface area contributed by atoms with Crippen LogP contribution in [0.3, 0.4) is 0 Å². The highest BCUT2D eigenvalue weighted by molar-refractivity contribution is 4.42. The maximum absolute atomic E-state index is 4.28. The van der Waals surface area contributed by atoms with Crippen molar-refractivity contribution in [1.82, 2.24) is 5.32 Å². The van der Waals surface area contributed by atoms with Crippen LogP contribution < -0.4 is 5.32 Å². The minimum Gasteiger partial charge on any atom is -0.242 e. The predicted molar refractivity (Wildman–Crippen MR) is 37.1 cm³/mol. The number of rotatable bonds is 5. The Morgan fingerprint density at radius 2 is 1.75 bits per heavy atom. The fourth-order valence-electron chi connectivity index (χ4n) is 0.540. The molecule has 0 aromatic heterocycles. The van der Waals surface area contributed by atoms with Gasteiger partial charge < -0.3 is 0 Å². The Bertz CT molecular complexity index is 29.4. The van der Waals surface area contributed by atoms with Crippen LogP contribution in [0, 0.1) is 0 Å². The Balaban J connectivity index is 2.53. The van der Waals surface area contributed by atoms with E-state index < -0.39 is 0 Å². The second-order valence-electron chi connectivity index (χ2n) is 2.02. The van der Waals surface area contributed by atoms with E-state index in [1.54, 1.807) is 0 Å². The molecule has 0 atom stereocenters. The van der Waals surface area contributed by atoms with Crippen LogP contribution in [0.4, 0.5) is 0 Å². The maximum Gasteiger partial charge on any atom is 0.0133 e. The van der Waals surface area contributed by atoms with E-state index in [1.165, 1.54) is 19.3 Å². The van der Waals surface area contributed by atoms with E-state index in [1.807, 2.05) is 0 Å². The zero-order valence-electron chi connectivity index (χ0n) is 5.98. The van der Waals surface area contributed by atoms with E-state index >= 15 is 0 Å². The molecule has 0 fully saturated rings. The molecule has 1 nitrogen and oxygen atoms in total. The van der Waals surface area contributed by atoms with E-state index in [0.717, 1.165) is 13.1 Å². The van der Waals surface area contributed by atoms with Gasteiger partial charge in [0.2, 0.25) is 0 Å². The van der Waals surface area contributed by atoms with Gasteiger partial charge in [-0.05, 0) is 12.8 Å². The highest BCUT2D eigenvalue weighted by Crippen LogP contribution is 1.83. The van der Waals surface area contributed by atoms with Gasteiger partial charge in [-0.2, -0.15) is 0 Å². The molecule has 0 spiro atoms. The summed E-state index contributed by atoms with van der Waals surface area (Å²) in [5, 5.41) is 4.28. The van der Waals surface area contributed by atoms with Crippen LogP contribution in [0.25, 0.3) is 0 Å². The molecule has 0 rings (SSSR count). The van der Waals surface area contributed by atoms with E-state index in [2.05, 4.69) is 19.2 Å². The summed E-state index contributed by atoms with van der Waals surface area (Å²) in [6.07, 6.45) is 3.73. The topological polar surface area (TPSA) is 14.1 Å². The van der Waals surface area contributed by atoms with Gasteiger partial charge in [0, 0.05) is 13.1 Å². The van der Waals surface area contributed by atoms with Gasteiger partial charge in [-0.3, -0.25) is 0 Å². The van der Waals surface area contributed by atoms with Crippen molar-refractivity contribution >= 4 is 0 Å². The van der Waals surface area contributed by atoms with Crippen molar-refractivity contribution in [3.63, 3.8) is 0 Å². The van der Waals surface area contributed by atoms with Gasteiger partial charge in [0.05, 0.1) is 0 Å². The summed E-state index contributed by atoms with van der Waals surface area (Å²) >= 11 is 0. The van der Waals surface area contributed by atoms with Crippen LogP contribution in [0.1, 0.15) is 33.1 Å². The molecule has 0 unspecified atom stereocenters. The summed E-state index contributed by atoms with van der Waals surface area (Å²) in [6.45, 7) is 6.49. The summed E-state index contributed by atoms with van der Waals surface area (Å²) in [6, 6.07) is 0. The molecular weight excluding hydrogens is 98.1 g/mol. The Labute approximate surface area is 52.5 Å². The molecule has 0 saturated heterocycles. The summed E-state index contributed by atoms with van der Waals surface area (Å²) in [4.78, 5) is 0. The summed E-state index contributed by atoms with van der Waals surface area (Å²) in [5.74, 6) is 0. The second kappa shape index (κ2) is 6.96. The van der Waals surface area contributed by atoms with Crippen molar-refractivity contribution < 1.29 is 0 Å². The molecule has 0 aliphatic carbocycles. The van der Waals surface area contributed by atoms with E-state index in [-0.39, 0.29) is 0 Å². The number of nitrogens with zero attached hydrogens (tertiary/aromatic N) is 1. The van der Waals surface area contributed by atoms with Crippen LogP contribution in [0.15, 0.2) is 0 Å². The lowest BCUT2D eigenvalue weighted by Gasteiger charge is -1.95. The first-order valence-electron chi connectivity index (χ1n) is 3.55. The molecule has 0 heterocycles. The SMILES string of the molecule is CCCC[N]CCC. The van der Waals surface area contributed by atoms with Crippen LogP contribution in [-0.2, 0) is 0 Å². The molecule has 0 saturated carbocycles. The Kier molecular flexibility index (Phi) is 6.93. The lowest BCUT2D eigenvalue weighted by Crippen LogP contribution is -2.06. The van der Waals surface area contributed by atoms with Crippen molar-refractivity contribution in [3.05, 3.63) is 0 Å². The Morgan fingerprint density at radius 1 is 1.00 bits per heavy atom. The quantitative estimate of drug-likeness (QED) is 0.484. The first-order valence-corrected chi connectivity index (χ1v) is 3.55. The molecule has 0 N–H and O–H groups in total. The van der Waals surface area contributed by atoms with Crippen molar-refractivity contribution in [2.75, 3.05) is 13.1 Å². The highest BCUT2D eigenvalue weighted by Gasteiger charge is 1.82. The minimum absolute atomic E-state index is 1.06. The van der Waals surface area contributed by atoms with Crippen molar-refractivity contribution in [2.45, 2.75) is 33.1 Å². The molecule has 0 amide bonds. The van der Waals surface area contributed by atoms with E-state index in [0.29, 0.717) is 0 Å². The zero-order valence-corrected chi connectivity index (χ0v) is 5.98. The number of unbranched alkanes of at least 4 members (excludes halogenated alkanes) is 1. The van der Waals surface area contributed by atoms with Gasteiger partial charge in [0.15, 0.2) is 0 Å². The van der Waals surface area contributed by atoms with Gasteiger partial charge in [-0.25, -0.2) is 5.32 Å². The fourth-order valence-corrected chi connectivity index (χ4v) is 0.540. The van der Waals surface area contributed by atoms with Gasteiger partial charge in [-0.1, -0.05) is 20.3 Å². The van der Waals surface area contributed by atoms with Gasteiger partial charge in [0.25, 0.3) is 0 Å². The van der Waals surface area contributed by atoms with Gasteiger partial charge in [-0.15, -0.1) is 0 Å². The van der Waals surface area contributed by atoms with Crippen LogP contribution in [-0.4, -0.2) is 13.1 Å². The molecule has 1 heteroatoms. The van der Waals surface area contributed by atoms with E-state index in [9.17, 15) is 0 Å². The largest absolute Gasteiger partial charge is 0.242 e. The van der Waals surface area contributed by atoms with E-state index in [4.69, 9.17) is 0 Å². The van der Waals surface area contributed by atoms with Gasteiger partial charge in [0.1, 0.15) is 0 Å². The molecule has 0 aromatic rings. The first-order chi connectivity index (χ1) is 3.91. The third-order valence-corrected chi connectivity index (χ3v) is 1.05. The average Bonchev–Trinajstić information content (AvgIpc) is 1.81. The van der Waals surface area contributed by atoms with Crippen LogP contribution in [0.2, 0.25) is 0 Å². The predicted octanol–water partition coefficient (Wildman–Crippen LogP) is 1.80. The highest BCUT2D eigenvalue weighted by atomic mass is 14.8. The lowest BCUT2D eigenvalue weighted by atomic mass is 10.3. The smallest absolute Gasteiger partial charge is 0.0133 e. The maximum atomic E-state index is 4.28. The molecule has 0 aliphatic heterocycles. The van der Waals surface area contributed by atoms with Crippen LogP contribution in [0.5, 0.6) is 0 Å². The van der Waals surface area contributed by atoms with Crippen molar-refractivity contribution in [1.29, 1.82) is 0 Å². The molecule has 0 aliphatic rings. The third-order valence-electron chi connectivity index (χ3n) is 1.05. The molecule has 0 bridgehead atoms. The van der Waals surface area contributed by atoms with Gasteiger partial charge >= 0.3 is 0 Å². The zero-order chi connectivity index (χ0) is 6.24. The summed E-state index contributed by atoms with van der Waals surface area (Å²) in [5.41, 5.74) is 0. The van der Waals surface area contributed by atoms with Crippen molar-refractivity contribution in [3.8, 4) is 0 Å². The normalized spacial score (nSPS) is 9.75. The second-order valence-corrected chi connectivity index (χ2v) is 2.02. The molecule has 1 radical (unpaired) electrons. The van der Waals surface area contributed by atoms with Crippen LogP contribution >= 0.6 is 0 Å². The average molecular weight is 114 g/mol. The Hall–Kier alpha value is -0.0400. The Morgan fingerprint density at radius 3 is 2.25 bits per heavy atom. The number of hydrogen-bond acceptors (Lipinski definition) is 0. The molecule has 0 aromatic carbocycles. The third kappa shape index (κ3) is 5.96. The summed E-state index contributed by atoms with van der Waals surface area (Å²) in [7, 11) is 0. The standard InChI is InChI=1S/C7H16N/c1-3-5-7-8-6-4-2/h3-7H2,1-2H3. The first kappa shape index (κ1) is 7.96. The monoisotopic (exact) mass is 114 g/mol. The summed E-state index contributed by atoms with van der Waals surface area (Å²) < 4.78 is 0. The molecule has 8 heavy (non-hydrogen) atoms. The molecular formula is C7H16N.